The molecule has 0 bridgehead atoms. The molecule has 110 valence electrons. The summed E-state index contributed by atoms with van der Waals surface area (Å²) in [5, 5.41) is 7.25. The zero-order valence-electron chi connectivity index (χ0n) is 12.6. The van der Waals surface area contributed by atoms with E-state index in [4.69, 9.17) is 0 Å². The molecule has 0 aliphatic carbocycles. The van der Waals surface area contributed by atoms with Crippen molar-refractivity contribution in [2.75, 3.05) is 32.0 Å². The van der Waals surface area contributed by atoms with Crippen LogP contribution >= 0.6 is 0 Å². The first kappa shape index (κ1) is 13.9. The highest BCUT2D eigenvalue weighted by Gasteiger charge is 2.18. The summed E-state index contributed by atoms with van der Waals surface area (Å²) in [5.74, 6) is 0. The zero-order chi connectivity index (χ0) is 13.8. The molecule has 1 atom stereocenters. The Morgan fingerprint density at radius 3 is 3.15 bits per heavy atom. The van der Waals surface area contributed by atoms with E-state index in [-0.39, 0.29) is 0 Å². The van der Waals surface area contributed by atoms with Crippen molar-refractivity contribution < 1.29 is 0 Å². The molecule has 0 amide bonds. The molecule has 3 nitrogen and oxygen atoms in total. The van der Waals surface area contributed by atoms with Crippen molar-refractivity contribution in [3.05, 3.63) is 29.3 Å². The van der Waals surface area contributed by atoms with Crippen molar-refractivity contribution in [2.45, 2.75) is 44.7 Å². The van der Waals surface area contributed by atoms with Crippen molar-refractivity contribution in [1.29, 1.82) is 0 Å². The fourth-order valence-electron chi connectivity index (χ4n) is 3.50. The number of hydrogen-bond donors (Lipinski definition) is 2. The third kappa shape index (κ3) is 3.15. The Kier molecular flexibility index (Phi) is 4.58. The van der Waals surface area contributed by atoms with Crippen LogP contribution in [0, 0.1) is 0 Å². The summed E-state index contributed by atoms with van der Waals surface area (Å²) in [6.45, 7) is 4.48. The third-order valence-corrected chi connectivity index (χ3v) is 4.78. The van der Waals surface area contributed by atoms with Gasteiger partial charge in [-0.05, 0) is 50.4 Å². The summed E-state index contributed by atoms with van der Waals surface area (Å²) in [4.78, 5) is 2.51. The number of piperidine rings is 1. The van der Waals surface area contributed by atoms with E-state index in [2.05, 4.69) is 40.8 Å². The van der Waals surface area contributed by atoms with Gasteiger partial charge in [0.15, 0.2) is 0 Å². The van der Waals surface area contributed by atoms with Crippen LogP contribution in [0.25, 0.3) is 0 Å². The second kappa shape index (κ2) is 6.59. The van der Waals surface area contributed by atoms with Gasteiger partial charge in [-0.2, -0.15) is 0 Å². The molecule has 0 spiro atoms. The van der Waals surface area contributed by atoms with Crippen LogP contribution in [-0.2, 0) is 13.0 Å². The van der Waals surface area contributed by atoms with Crippen molar-refractivity contribution in [2.24, 2.45) is 0 Å². The van der Waals surface area contributed by atoms with E-state index in [0.29, 0.717) is 0 Å². The zero-order valence-corrected chi connectivity index (χ0v) is 12.6. The van der Waals surface area contributed by atoms with E-state index in [9.17, 15) is 0 Å². The average Bonchev–Trinajstić information content (AvgIpc) is 2.49. The van der Waals surface area contributed by atoms with Crippen LogP contribution in [-0.4, -0.2) is 37.6 Å². The van der Waals surface area contributed by atoms with E-state index in [1.54, 1.807) is 0 Å². The van der Waals surface area contributed by atoms with Gasteiger partial charge in [-0.15, -0.1) is 0 Å². The fraction of sp³-hybridized carbons (Fsp3) is 0.647. The van der Waals surface area contributed by atoms with Gasteiger partial charge in [0.05, 0.1) is 0 Å². The van der Waals surface area contributed by atoms with E-state index in [1.165, 1.54) is 55.5 Å². The number of nitrogens with zero attached hydrogens (tertiary/aromatic N) is 1. The van der Waals surface area contributed by atoms with E-state index < -0.39 is 0 Å². The molecule has 2 aliphatic rings. The molecule has 3 rings (SSSR count). The number of likely N-dealkylation sites (N-methyl/N-ethyl adjacent to an activating group) is 1. The average molecular weight is 273 g/mol. The maximum absolute atomic E-state index is 3.67. The van der Waals surface area contributed by atoms with Gasteiger partial charge >= 0.3 is 0 Å². The monoisotopic (exact) mass is 273 g/mol. The Hall–Kier alpha value is -1.06. The highest BCUT2D eigenvalue weighted by molar-refractivity contribution is 5.59. The van der Waals surface area contributed by atoms with Crippen LogP contribution in [0.2, 0.25) is 0 Å². The highest BCUT2D eigenvalue weighted by Crippen LogP contribution is 2.26. The predicted octanol–water partition coefficient (Wildman–Crippen LogP) is 2.62. The van der Waals surface area contributed by atoms with Gasteiger partial charge in [-0.25, -0.2) is 0 Å². The molecule has 0 saturated carbocycles. The summed E-state index contributed by atoms with van der Waals surface area (Å²) in [6, 6.07) is 7.45. The van der Waals surface area contributed by atoms with Gasteiger partial charge in [0.1, 0.15) is 0 Å². The summed E-state index contributed by atoms with van der Waals surface area (Å²) in [6.07, 6.45) is 6.58. The van der Waals surface area contributed by atoms with Crippen LogP contribution in [0.3, 0.4) is 0 Å². The Bertz CT molecular complexity index is 444. The summed E-state index contributed by atoms with van der Waals surface area (Å²) in [5.41, 5.74) is 4.31. The number of para-hydroxylation sites is 1. The Labute approximate surface area is 122 Å². The van der Waals surface area contributed by atoms with Crippen LogP contribution in [0.4, 0.5) is 5.69 Å². The molecule has 3 heteroatoms. The molecule has 2 aliphatic heterocycles. The molecule has 1 unspecified atom stereocenters. The number of aryl methyl sites for hydroxylation is 1. The Morgan fingerprint density at radius 2 is 2.25 bits per heavy atom. The van der Waals surface area contributed by atoms with Crippen molar-refractivity contribution >= 4 is 5.69 Å². The van der Waals surface area contributed by atoms with Gasteiger partial charge in [-0.3, -0.25) is 0 Å². The van der Waals surface area contributed by atoms with Crippen LogP contribution in [0.5, 0.6) is 0 Å². The van der Waals surface area contributed by atoms with Crippen LogP contribution in [0.15, 0.2) is 18.2 Å². The first-order valence-electron chi connectivity index (χ1n) is 8.10. The van der Waals surface area contributed by atoms with Gasteiger partial charge in [0, 0.05) is 31.4 Å². The lowest BCUT2D eigenvalue weighted by Crippen LogP contribution is -2.42. The normalized spacial score (nSPS) is 23.1. The van der Waals surface area contributed by atoms with Crippen LogP contribution < -0.4 is 10.6 Å². The number of fused-ring (bicyclic) bond motifs is 1. The lowest BCUT2D eigenvalue weighted by atomic mass is 9.99. The molecular formula is C17H27N3. The maximum atomic E-state index is 3.67. The Balaban J connectivity index is 1.56. The van der Waals surface area contributed by atoms with E-state index in [1.807, 2.05) is 0 Å². The largest absolute Gasteiger partial charge is 0.385 e. The minimum Gasteiger partial charge on any atom is -0.385 e. The fourth-order valence-corrected chi connectivity index (χ4v) is 3.50. The van der Waals surface area contributed by atoms with E-state index in [0.717, 1.165) is 25.7 Å². The summed E-state index contributed by atoms with van der Waals surface area (Å²) in [7, 11) is 2.26. The highest BCUT2D eigenvalue weighted by atomic mass is 15.2. The number of benzene rings is 1. The molecule has 2 heterocycles. The number of nitrogens with one attached hydrogen (secondary N) is 2. The number of hydrogen-bond acceptors (Lipinski definition) is 3. The van der Waals surface area contributed by atoms with Gasteiger partial charge in [0.25, 0.3) is 0 Å². The molecule has 1 fully saturated rings. The maximum Gasteiger partial charge on any atom is 0.0418 e. The second-order valence-corrected chi connectivity index (χ2v) is 6.24. The quantitative estimate of drug-likeness (QED) is 0.883. The number of anilines is 1. The third-order valence-electron chi connectivity index (χ3n) is 4.78. The van der Waals surface area contributed by atoms with Crippen molar-refractivity contribution in [1.82, 2.24) is 10.2 Å². The molecule has 1 aromatic rings. The lowest BCUT2D eigenvalue weighted by Gasteiger charge is -2.32. The molecule has 1 saturated heterocycles. The van der Waals surface area contributed by atoms with Gasteiger partial charge in [0.2, 0.25) is 0 Å². The lowest BCUT2D eigenvalue weighted by molar-refractivity contribution is 0.181. The topological polar surface area (TPSA) is 27.3 Å². The molecule has 2 N–H and O–H groups in total. The number of likely N-dealkylation sites (tertiary alicyclic amines) is 1. The molecule has 1 aromatic carbocycles. The Morgan fingerprint density at radius 1 is 1.30 bits per heavy atom. The molecule has 0 radical (unpaired) electrons. The first-order chi connectivity index (χ1) is 9.84. The SMILES string of the molecule is CN1CCCCC1CNCc1cccc2c1NCCC2. The van der Waals surface area contributed by atoms with Gasteiger partial charge in [-0.1, -0.05) is 24.6 Å². The minimum atomic E-state index is 0.719. The summed E-state index contributed by atoms with van der Waals surface area (Å²) >= 11 is 0. The van der Waals surface area contributed by atoms with Gasteiger partial charge < -0.3 is 15.5 Å². The van der Waals surface area contributed by atoms with E-state index >= 15 is 0 Å². The van der Waals surface area contributed by atoms with Crippen molar-refractivity contribution in [3.8, 4) is 0 Å². The predicted molar refractivity (Wildman–Crippen MR) is 85.2 cm³/mol. The molecule has 20 heavy (non-hydrogen) atoms. The van der Waals surface area contributed by atoms with Crippen molar-refractivity contribution in [3.63, 3.8) is 0 Å². The molecule has 0 aromatic heterocycles. The second-order valence-electron chi connectivity index (χ2n) is 6.24. The number of rotatable bonds is 4. The first-order valence-corrected chi connectivity index (χ1v) is 8.10. The molecular weight excluding hydrogens is 246 g/mol. The van der Waals surface area contributed by atoms with Crippen LogP contribution in [0.1, 0.15) is 36.8 Å². The summed E-state index contributed by atoms with van der Waals surface area (Å²) < 4.78 is 0. The smallest absolute Gasteiger partial charge is 0.0418 e. The minimum absolute atomic E-state index is 0.719. The standard InChI is InChI=1S/C17H27N3/c1-20-11-3-2-9-16(20)13-18-12-15-7-4-6-14-8-5-10-19-17(14)15/h4,6-7,16,18-19H,2-3,5,8-13H2,1H3.